The van der Waals surface area contributed by atoms with Crippen LogP contribution >= 0.6 is 0 Å². The van der Waals surface area contributed by atoms with Gasteiger partial charge in [0.05, 0.1) is 0 Å². The van der Waals surface area contributed by atoms with Crippen LogP contribution in [0, 0.1) is 5.92 Å². The maximum absolute atomic E-state index is 5.89. The van der Waals surface area contributed by atoms with Crippen LogP contribution in [-0.2, 0) is 6.54 Å². The van der Waals surface area contributed by atoms with E-state index in [1.54, 1.807) is 0 Å². The highest BCUT2D eigenvalue weighted by molar-refractivity contribution is 5.14. The molecule has 1 aromatic rings. The highest BCUT2D eigenvalue weighted by Gasteiger charge is 2.18. The SMILES string of the molecule is CCN(Cc1ccccc1)CC1C=CC(N)C1. The minimum absolute atomic E-state index is 0.274. The second-order valence-corrected chi connectivity index (χ2v) is 4.86. The summed E-state index contributed by atoms with van der Waals surface area (Å²) < 4.78 is 0. The Balaban J connectivity index is 1.87. The van der Waals surface area contributed by atoms with Crippen molar-refractivity contribution in [1.29, 1.82) is 0 Å². The van der Waals surface area contributed by atoms with Crippen LogP contribution in [0.3, 0.4) is 0 Å². The van der Waals surface area contributed by atoms with Crippen LogP contribution in [0.1, 0.15) is 18.9 Å². The first-order valence-corrected chi connectivity index (χ1v) is 6.48. The van der Waals surface area contributed by atoms with E-state index in [9.17, 15) is 0 Å². The standard InChI is InChI=1S/C15H22N2/c1-2-17(11-13-6-4-3-5-7-13)12-14-8-9-15(16)10-14/h3-9,14-15H,2,10-12,16H2,1H3. The van der Waals surface area contributed by atoms with Crippen molar-refractivity contribution in [2.75, 3.05) is 13.1 Å². The van der Waals surface area contributed by atoms with Crippen molar-refractivity contribution >= 4 is 0 Å². The molecule has 0 saturated carbocycles. The summed E-state index contributed by atoms with van der Waals surface area (Å²) in [5.74, 6) is 0.633. The molecule has 1 aliphatic rings. The van der Waals surface area contributed by atoms with Gasteiger partial charge in [-0.25, -0.2) is 0 Å². The molecule has 0 aromatic heterocycles. The Labute approximate surface area is 104 Å². The van der Waals surface area contributed by atoms with Crippen LogP contribution in [0.25, 0.3) is 0 Å². The molecule has 2 atom stereocenters. The molecule has 1 aromatic carbocycles. The lowest BCUT2D eigenvalue weighted by molar-refractivity contribution is 0.249. The summed E-state index contributed by atoms with van der Waals surface area (Å²) in [5.41, 5.74) is 7.28. The summed E-state index contributed by atoms with van der Waals surface area (Å²) in [6.45, 7) is 5.47. The number of hydrogen-bond acceptors (Lipinski definition) is 2. The Bertz CT molecular complexity index is 358. The van der Waals surface area contributed by atoms with Crippen molar-refractivity contribution in [1.82, 2.24) is 4.90 Å². The Morgan fingerprint density at radius 2 is 2.00 bits per heavy atom. The Morgan fingerprint density at radius 3 is 2.59 bits per heavy atom. The normalized spacial score (nSPS) is 23.5. The van der Waals surface area contributed by atoms with Crippen LogP contribution in [0.4, 0.5) is 0 Å². The third-order valence-corrected chi connectivity index (χ3v) is 3.39. The van der Waals surface area contributed by atoms with Crippen molar-refractivity contribution in [2.45, 2.75) is 25.9 Å². The maximum atomic E-state index is 5.89. The van der Waals surface area contributed by atoms with Gasteiger partial charge in [0.1, 0.15) is 0 Å². The zero-order chi connectivity index (χ0) is 12.1. The molecular formula is C15H22N2. The molecule has 0 heterocycles. The zero-order valence-corrected chi connectivity index (χ0v) is 10.5. The van der Waals surface area contributed by atoms with Crippen LogP contribution < -0.4 is 5.73 Å². The average molecular weight is 230 g/mol. The number of rotatable bonds is 5. The highest BCUT2D eigenvalue weighted by Crippen LogP contribution is 2.18. The number of nitrogens with zero attached hydrogens (tertiary/aromatic N) is 1. The average Bonchev–Trinajstić information content (AvgIpc) is 2.75. The Morgan fingerprint density at radius 1 is 1.24 bits per heavy atom. The molecule has 2 rings (SSSR count). The largest absolute Gasteiger partial charge is 0.324 e. The number of hydrogen-bond donors (Lipinski definition) is 1. The van der Waals surface area contributed by atoms with E-state index in [4.69, 9.17) is 5.73 Å². The molecule has 0 amide bonds. The smallest absolute Gasteiger partial charge is 0.0233 e. The molecular weight excluding hydrogens is 208 g/mol. The molecule has 0 aliphatic heterocycles. The highest BCUT2D eigenvalue weighted by atomic mass is 15.1. The van der Waals surface area contributed by atoms with Gasteiger partial charge in [0.2, 0.25) is 0 Å². The maximum Gasteiger partial charge on any atom is 0.0233 e. The van der Waals surface area contributed by atoms with Gasteiger partial charge >= 0.3 is 0 Å². The topological polar surface area (TPSA) is 29.3 Å². The van der Waals surface area contributed by atoms with Crippen molar-refractivity contribution < 1.29 is 0 Å². The van der Waals surface area contributed by atoms with E-state index in [-0.39, 0.29) is 6.04 Å². The predicted octanol–water partition coefficient (Wildman–Crippen LogP) is 2.41. The van der Waals surface area contributed by atoms with E-state index < -0.39 is 0 Å². The van der Waals surface area contributed by atoms with E-state index in [2.05, 4.69) is 54.3 Å². The molecule has 2 unspecified atom stereocenters. The van der Waals surface area contributed by atoms with E-state index in [1.165, 1.54) is 5.56 Å². The molecule has 2 N–H and O–H groups in total. The Kier molecular flexibility index (Phi) is 4.35. The van der Waals surface area contributed by atoms with Gasteiger partial charge in [-0.3, -0.25) is 4.90 Å². The zero-order valence-electron chi connectivity index (χ0n) is 10.5. The van der Waals surface area contributed by atoms with Crippen LogP contribution in [-0.4, -0.2) is 24.0 Å². The van der Waals surface area contributed by atoms with E-state index in [1.807, 2.05) is 0 Å². The first-order valence-electron chi connectivity index (χ1n) is 6.48. The second kappa shape index (κ2) is 5.99. The summed E-state index contributed by atoms with van der Waals surface area (Å²) in [7, 11) is 0. The number of nitrogens with two attached hydrogens (primary N) is 1. The van der Waals surface area contributed by atoms with Gasteiger partial charge in [0.25, 0.3) is 0 Å². The van der Waals surface area contributed by atoms with Gasteiger partial charge in [-0.2, -0.15) is 0 Å². The monoisotopic (exact) mass is 230 g/mol. The molecule has 0 fully saturated rings. The fourth-order valence-corrected chi connectivity index (χ4v) is 2.42. The van der Waals surface area contributed by atoms with Crippen LogP contribution in [0.2, 0.25) is 0 Å². The fourth-order valence-electron chi connectivity index (χ4n) is 2.42. The third kappa shape index (κ3) is 3.69. The minimum atomic E-state index is 0.274. The lowest BCUT2D eigenvalue weighted by Gasteiger charge is -2.23. The molecule has 2 heteroatoms. The van der Waals surface area contributed by atoms with Gasteiger partial charge in [0.15, 0.2) is 0 Å². The molecule has 1 aliphatic carbocycles. The van der Waals surface area contributed by atoms with Crippen LogP contribution in [0.15, 0.2) is 42.5 Å². The predicted molar refractivity (Wildman–Crippen MR) is 72.6 cm³/mol. The van der Waals surface area contributed by atoms with Crippen molar-refractivity contribution in [3.05, 3.63) is 48.0 Å². The molecule has 2 nitrogen and oxygen atoms in total. The summed E-state index contributed by atoms with van der Waals surface area (Å²) in [4.78, 5) is 2.49. The molecule has 0 bridgehead atoms. The summed E-state index contributed by atoms with van der Waals surface area (Å²) in [6.07, 6.45) is 5.52. The molecule has 92 valence electrons. The first kappa shape index (κ1) is 12.3. The molecule has 0 saturated heterocycles. The Hall–Kier alpha value is -1.12. The van der Waals surface area contributed by atoms with Gasteiger partial charge in [0, 0.05) is 19.1 Å². The van der Waals surface area contributed by atoms with E-state index in [0.29, 0.717) is 5.92 Å². The number of benzene rings is 1. The fraction of sp³-hybridized carbons (Fsp3) is 0.467. The molecule has 0 spiro atoms. The van der Waals surface area contributed by atoms with Gasteiger partial charge < -0.3 is 5.73 Å². The van der Waals surface area contributed by atoms with Gasteiger partial charge in [-0.15, -0.1) is 0 Å². The second-order valence-electron chi connectivity index (χ2n) is 4.86. The summed E-state index contributed by atoms with van der Waals surface area (Å²) >= 11 is 0. The van der Waals surface area contributed by atoms with Gasteiger partial charge in [-0.05, 0) is 24.4 Å². The summed E-state index contributed by atoms with van der Waals surface area (Å²) in [6, 6.07) is 10.9. The molecule has 0 radical (unpaired) electrons. The first-order chi connectivity index (χ1) is 8.28. The molecule has 17 heavy (non-hydrogen) atoms. The van der Waals surface area contributed by atoms with Crippen molar-refractivity contribution in [3.8, 4) is 0 Å². The lowest BCUT2D eigenvalue weighted by atomic mass is 10.1. The van der Waals surface area contributed by atoms with E-state index in [0.717, 1.165) is 26.1 Å². The lowest BCUT2D eigenvalue weighted by Crippen LogP contribution is -2.29. The summed E-state index contributed by atoms with van der Waals surface area (Å²) in [5, 5.41) is 0. The van der Waals surface area contributed by atoms with Crippen molar-refractivity contribution in [2.24, 2.45) is 11.7 Å². The van der Waals surface area contributed by atoms with Crippen molar-refractivity contribution in [3.63, 3.8) is 0 Å². The van der Waals surface area contributed by atoms with Crippen LogP contribution in [0.5, 0.6) is 0 Å². The van der Waals surface area contributed by atoms with Gasteiger partial charge in [-0.1, -0.05) is 49.4 Å². The quantitative estimate of drug-likeness (QED) is 0.787. The minimum Gasteiger partial charge on any atom is -0.324 e. The third-order valence-electron chi connectivity index (χ3n) is 3.39. The van der Waals surface area contributed by atoms with E-state index >= 15 is 0 Å².